The van der Waals surface area contributed by atoms with Crippen LogP contribution in [0.25, 0.3) is 0 Å². The largest absolute Gasteiger partial charge is 0.294 e. The summed E-state index contributed by atoms with van der Waals surface area (Å²) in [4.78, 5) is 11.6. The van der Waals surface area contributed by atoms with E-state index in [4.69, 9.17) is 0 Å². The summed E-state index contributed by atoms with van der Waals surface area (Å²) in [6.07, 6.45) is 1.69. The molecule has 0 radical (unpaired) electrons. The van der Waals surface area contributed by atoms with Gasteiger partial charge in [0.25, 0.3) is 0 Å². The molecule has 16 heavy (non-hydrogen) atoms. The lowest BCUT2D eigenvalue weighted by molar-refractivity contribution is 0.101. The van der Waals surface area contributed by atoms with Crippen LogP contribution in [-0.4, -0.2) is 15.6 Å². The maximum absolute atomic E-state index is 11.6. The molecule has 0 saturated carbocycles. The fourth-order valence-electron chi connectivity index (χ4n) is 1.84. The Kier molecular flexibility index (Phi) is 3.01. The van der Waals surface area contributed by atoms with Crippen LogP contribution in [-0.2, 0) is 11.0 Å². The van der Waals surface area contributed by atoms with Gasteiger partial charge < -0.3 is 0 Å². The molecule has 1 aromatic heterocycles. The van der Waals surface area contributed by atoms with Crippen molar-refractivity contribution in [2.45, 2.75) is 59.4 Å². The summed E-state index contributed by atoms with van der Waals surface area (Å²) >= 11 is 0. The summed E-state index contributed by atoms with van der Waals surface area (Å²) in [7, 11) is 0. The monoisotopic (exact) mass is 222 g/mol. The second-order valence-electron chi connectivity index (χ2n) is 6.30. The molecule has 3 nitrogen and oxygen atoms in total. The van der Waals surface area contributed by atoms with Gasteiger partial charge >= 0.3 is 0 Å². The summed E-state index contributed by atoms with van der Waals surface area (Å²) in [5.74, 6) is 0.0837. The van der Waals surface area contributed by atoms with Crippen LogP contribution in [0.2, 0.25) is 0 Å². The van der Waals surface area contributed by atoms with E-state index in [1.165, 1.54) is 0 Å². The van der Waals surface area contributed by atoms with Gasteiger partial charge in [-0.25, -0.2) is 0 Å². The summed E-state index contributed by atoms with van der Waals surface area (Å²) in [5, 5.41) is 4.37. The number of rotatable bonds is 1. The second-order valence-corrected chi connectivity index (χ2v) is 6.30. The van der Waals surface area contributed by atoms with Gasteiger partial charge in [-0.3, -0.25) is 9.48 Å². The zero-order valence-corrected chi connectivity index (χ0v) is 11.4. The molecule has 0 N–H and O–H groups in total. The molecule has 0 bridgehead atoms. The molecule has 0 aliphatic rings. The Morgan fingerprint density at radius 1 is 1.19 bits per heavy atom. The third kappa shape index (κ3) is 2.34. The number of carbonyl (C=O) groups is 1. The Balaban J connectivity index is 3.50. The van der Waals surface area contributed by atoms with Crippen LogP contribution in [0.5, 0.6) is 0 Å². The quantitative estimate of drug-likeness (QED) is 0.684. The van der Waals surface area contributed by atoms with Crippen molar-refractivity contribution in [3.05, 3.63) is 17.5 Å². The minimum Gasteiger partial charge on any atom is -0.294 e. The first kappa shape index (κ1) is 12.9. The van der Waals surface area contributed by atoms with Crippen molar-refractivity contribution >= 4 is 5.78 Å². The van der Waals surface area contributed by atoms with Gasteiger partial charge in [-0.1, -0.05) is 20.8 Å². The van der Waals surface area contributed by atoms with Crippen LogP contribution in [0, 0.1) is 0 Å². The highest BCUT2D eigenvalue weighted by molar-refractivity contribution is 5.95. The summed E-state index contributed by atoms with van der Waals surface area (Å²) in [5.41, 5.74) is 1.58. The van der Waals surface area contributed by atoms with Crippen molar-refractivity contribution in [2.24, 2.45) is 0 Å². The maximum atomic E-state index is 11.6. The molecule has 0 spiro atoms. The van der Waals surface area contributed by atoms with Gasteiger partial charge in [-0.15, -0.1) is 0 Å². The van der Waals surface area contributed by atoms with E-state index in [9.17, 15) is 4.79 Å². The van der Waals surface area contributed by atoms with E-state index >= 15 is 0 Å². The lowest BCUT2D eigenvalue weighted by Crippen LogP contribution is -2.31. The van der Waals surface area contributed by atoms with E-state index in [1.807, 2.05) is 4.68 Å². The smallest absolute Gasteiger partial charge is 0.163 e. The van der Waals surface area contributed by atoms with Gasteiger partial charge in [0.1, 0.15) is 0 Å². The number of nitrogens with zero attached hydrogens (tertiary/aromatic N) is 2. The molecule has 1 heterocycles. The molecule has 0 fully saturated rings. The molecule has 0 amide bonds. The Bertz CT molecular complexity index is 403. The predicted molar refractivity (Wildman–Crippen MR) is 65.9 cm³/mol. The third-order valence-electron chi connectivity index (χ3n) is 2.49. The SMILES string of the molecule is CC(=O)c1cnn(C(C)(C)C)c1C(C)(C)C. The minimum absolute atomic E-state index is 0.0786. The maximum Gasteiger partial charge on any atom is 0.163 e. The summed E-state index contributed by atoms with van der Waals surface area (Å²) in [6, 6.07) is 0. The van der Waals surface area contributed by atoms with Crippen LogP contribution < -0.4 is 0 Å². The standard InChI is InChI=1S/C13H22N2O/c1-9(16)10-8-14-15(13(5,6)7)11(10)12(2,3)4/h8H,1-7H3. The number of hydrogen-bond acceptors (Lipinski definition) is 2. The Morgan fingerprint density at radius 3 is 2.00 bits per heavy atom. The molecule has 0 atom stereocenters. The van der Waals surface area contributed by atoms with E-state index < -0.39 is 0 Å². The van der Waals surface area contributed by atoms with Crippen LogP contribution in [0.1, 0.15) is 64.5 Å². The molecule has 0 aliphatic carbocycles. The highest BCUT2D eigenvalue weighted by atomic mass is 16.1. The first-order valence-corrected chi connectivity index (χ1v) is 5.65. The van der Waals surface area contributed by atoms with Crippen LogP contribution >= 0.6 is 0 Å². The molecule has 0 unspecified atom stereocenters. The molecule has 1 aromatic rings. The van der Waals surface area contributed by atoms with Crippen molar-refractivity contribution in [3.8, 4) is 0 Å². The van der Waals surface area contributed by atoms with Crippen molar-refractivity contribution in [1.29, 1.82) is 0 Å². The van der Waals surface area contributed by atoms with Crippen LogP contribution in [0.4, 0.5) is 0 Å². The minimum atomic E-state index is -0.101. The Hall–Kier alpha value is -1.12. The van der Waals surface area contributed by atoms with Gasteiger partial charge in [-0.2, -0.15) is 5.10 Å². The fourth-order valence-corrected chi connectivity index (χ4v) is 1.84. The molecular formula is C13H22N2O. The average Bonchev–Trinajstić information content (AvgIpc) is 2.43. The van der Waals surface area contributed by atoms with Crippen molar-refractivity contribution in [1.82, 2.24) is 9.78 Å². The molecular weight excluding hydrogens is 200 g/mol. The molecule has 0 aromatic carbocycles. The molecule has 90 valence electrons. The van der Waals surface area contributed by atoms with Gasteiger partial charge in [0.2, 0.25) is 0 Å². The van der Waals surface area contributed by atoms with Crippen molar-refractivity contribution in [3.63, 3.8) is 0 Å². The molecule has 3 heteroatoms. The second kappa shape index (κ2) is 3.72. The van der Waals surface area contributed by atoms with Crippen LogP contribution in [0.15, 0.2) is 6.20 Å². The number of hydrogen-bond donors (Lipinski definition) is 0. The number of Topliss-reactive ketones (excluding diaryl/α,β-unsaturated/α-hetero) is 1. The zero-order valence-electron chi connectivity index (χ0n) is 11.4. The van der Waals surface area contributed by atoms with Crippen molar-refractivity contribution < 1.29 is 4.79 Å². The zero-order chi connectivity index (χ0) is 12.7. The predicted octanol–water partition coefficient (Wildman–Crippen LogP) is 3.14. The molecule has 1 rings (SSSR count). The van der Waals surface area contributed by atoms with E-state index in [1.54, 1.807) is 13.1 Å². The van der Waals surface area contributed by atoms with E-state index in [0.717, 1.165) is 11.3 Å². The highest BCUT2D eigenvalue weighted by Crippen LogP contribution is 2.30. The number of ketones is 1. The highest BCUT2D eigenvalue weighted by Gasteiger charge is 2.30. The summed E-state index contributed by atoms with van der Waals surface area (Å²) < 4.78 is 1.96. The van der Waals surface area contributed by atoms with Gasteiger partial charge in [0.05, 0.1) is 23.0 Å². The van der Waals surface area contributed by atoms with E-state index in [-0.39, 0.29) is 16.7 Å². The fraction of sp³-hybridized carbons (Fsp3) is 0.692. The average molecular weight is 222 g/mol. The van der Waals surface area contributed by atoms with Gasteiger partial charge in [-0.05, 0) is 27.7 Å². The first-order valence-electron chi connectivity index (χ1n) is 5.65. The molecule has 0 aliphatic heterocycles. The Morgan fingerprint density at radius 2 is 1.69 bits per heavy atom. The number of aromatic nitrogens is 2. The normalized spacial score (nSPS) is 12.9. The third-order valence-corrected chi connectivity index (χ3v) is 2.49. The van der Waals surface area contributed by atoms with Crippen molar-refractivity contribution in [2.75, 3.05) is 0 Å². The van der Waals surface area contributed by atoms with Crippen LogP contribution in [0.3, 0.4) is 0 Å². The Labute approximate surface area is 97.8 Å². The topological polar surface area (TPSA) is 34.9 Å². The van der Waals surface area contributed by atoms with E-state index in [0.29, 0.717) is 0 Å². The first-order chi connectivity index (χ1) is 7.05. The molecule has 0 saturated heterocycles. The number of carbonyl (C=O) groups excluding carboxylic acids is 1. The van der Waals surface area contributed by atoms with E-state index in [2.05, 4.69) is 46.6 Å². The van der Waals surface area contributed by atoms with Gasteiger partial charge in [0, 0.05) is 5.41 Å². The lowest BCUT2D eigenvalue weighted by Gasteiger charge is -2.29. The van der Waals surface area contributed by atoms with Gasteiger partial charge in [0.15, 0.2) is 5.78 Å². The summed E-state index contributed by atoms with van der Waals surface area (Å²) in [6.45, 7) is 14.2. The lowest BCUT2D eigenvalue weighted by atomic mass is 9.87.